The number of hydrogen-bond donors (Lipinski definition) is 1. The van der Waals surface area contributed by atoms with Crippen LogP contribution in [-0.4, -0.2) is 4.98 Å². The zero-order chi connectivity index (χ0) is 10.8. The summed E-state index contributed by atoms with van der Waals surface area (Å²) in [7, 11) is 0. The molecule has 3 heteroatoms. The highest BCUT2D eigenvalue weighted by atomic mass is 19.1. The van der Waals surface area contributed by atoms with Gasteiger partial charge in [-0.3, -0.25) is 4.79 Å². The summed E-state index contributed by atoms with van der Waals surface area (Å²) in [6.45, 7) is 1.78. The normalized spacial score (nSPS) is 10.3. The Morgan fingerprint density at radius 2 is 2.00 bits per heavy atom. The first-order valence-corrected chi connectivity index (χ1v) is 4.63. The van der Waals surface area contributed by atoms with Crippen LogP contribution in [0.2, 0.25) is 0 Å². The van der Waals surface area contributed by atoms with Gasteiger partial charge in [0.05, 0.1) is 0 Å². The van der Waals surface area contributed by atoms with Crippen molar-refractivity contribution in [1.29, 1.82) is 0 Å². The molecule has 1 aromatic heterocycles. The number of aromatic nitrogens is 1. The third-order valence-electron chi connectivity index (χ3n) is 2.30. The highest BCUT2D eigenvalue weighted by Gasteiger charge is 2.05. The van der Waals surface area contributed by atoms with E-state index >= 15 is 0 Å². The van der Waals surface area contributed by atoms with Crippen molar-refractivity contribution in [1.82, 2.24) is 4.98 Å². The molecule has 1 heterocycles. The highest BCUT2D eigenvalue weighted by molar-refractivity contribution is 5.65. The van der Waals surface area contributed by atoms with E-state index in [4.69, 9.17) is 0 Å². The fraction of sp³-hybridized carbons (Fsp3) is 0.0833. The molecule has 0 aliphatic carbocycles. The molecule has 0 amide bonds. The predicted molar refractivity (Wildman–Crippen MR) is 57.2 cm³/mol. The van der Waals surface area contributed by atoms with Crippen LogP contribution < -0.4 is 5.56 Å². The van der Waals surface area contributed by atoms with Crippen LogP contribution in [0.1, 0.15) is 5.56 Å². The van der Waals surface area contributed by atoms with Gasteiger partial charge in [0, 0.05) is 11.8 Å². The minimum atomic E-state index is -0.288. The van der Waals surface area contributed by atoms with Crippen molar-refractivity contribution >= 4 is 0 Å². The zero-order valence-electron chi connectivity index (χ0n) is 8.25. The summed E-state index contributed by atoms with van der Waals surface area (Å²) in [6.07, 6.45) is 1.57. The lowest BCUT2D eigenvalue weighted by atomic mass is 10.0. The maximum atomic E-state index is 12.9. The van der Waals surface area contributed by atoms with Gasteiger partial charge < -0.3 is 4.98 Å². The van der Waals surface area contributed by atoms with Gasteiger partial charge in [0.1, 0.15) is 5.82 Å². The molecule has 2 rings (SSSR count). The quantitative estimate of drug-likeness (QED) is 0.758. The number of hydrogen-bond acceptors (Lipinski definition) is 1. The van der Waals surface area contributed by atoms with Crippen LogP contribution in [0.5, 0.6) is 0 Å². The third-order valence-corrected chi connectivity index (χ3v) is 2.30. The molecule has 2 nitrogen and oxygen atoms in total. The Morgan fingerprint density at radius 1 is 1.20 bits per heavy atom. The Hall–Kier alpha value is -1.90. The predicted octanol–water partition coefficient (Wildman–Crippen LogP) is 2.49. The summed E-state index contributed by atoms with van der Waals surface area (Å²) in [6, 6.07) is 7.87. The lowest BCUT2D eigenvalue weighted by Crippen LogP contribution is -2.07. The number of nitrogens with one attached hydrogen (secondary N) is 1. The Morgan fingerprint density at radius 3 is 2.67 bits per heavy atom. The highest BCUT2D eigenvalue weighted by Crippen LogP contribution is 2.20. The van der Waals surface area contributed by atoms with E-state index in [0.717, 1.165) is 11.1 Å². The van der Waals surface area contributed by atoms with Crippen LogP contribution in [0.4, 0.5) is 4.39 Å². The van der Waals surface area contributed by atoms with Crippen LogP contribution in [0.15, 0.2) is 41.3 Å². The molecule has 0 unspecified atom stereocenters. The molecule has 0 saturated heterocycles. The van der Waals surface area contributed by atoms with Gasteiger partial charge in [-0.05, 0) is 42.3 Å². The standard InChI is InChI=1S/C12H10FNO/c1-8-7-9(13)4-5-10(8)11-3-2-6-14-12(11)15/h2-7H,1H3,(H,14,15). The molecule has 0 fully saturated rings. The second-order valence-electron chi connectivity index (χ2n) is 3.37. The molecule has 0 atom stereocenters. The molecule has 76 valence electrons. The largest absolute Gasteiger partial charge is 0.329 e. The maximum Gasteiger partial charge on any atom is 0.255 e. The van der Waals surface area contributed by atoms with E-state index in [1.54, 1.807) is 31.3 Å². The fourth-order valence-corrected chi connectivity index (χ4v) is 1.56. The summed E-state index contributed by atoms with van der Waals surface area (Å²) in [5.74, 6) is -0.288. The van der Waals surface area contributed by atoms with Crippen molar-refractivity contribution < 1.29 is 4.39 Å². The number of benzene rings is 1. The van der Waals surface area contributed by atoms with Gasteiger partial charge in [-0.15, -0.1) is 0 Å². The van der Waals surface area contributed by atoms with E-state index < -0.39 is 0 Å². The maximum absolute atomic E-state index is 12.9. The van der Waals surface area contributed by atoms with Crippen molar-refractivity contribution in [3.63, 3.8) is 0 Å². The van der Waals surface area contributed by atoms with E-state index in [1.165, 1.54) is 12.1 Å². The van der Waals surface area contributed by atoms with Crippen molar-refractivity contribution in [3.05, 3.63) is 58.3 Å². The van der Waals surface area contributed by atoms with E-state index in [-0.39, 0.29) is 11.4 Å². The first kappa shape index (κ1) is 9.65. The van der Waals surface area contributed by atoms with E-state index in [0.29, 0.717) is 5.56 Å². The van der Waals surface area contributed by atoms with Gasteiger partial charge in [0.2, 0.25) is 0 Å². The minimum Gasteiger partial charge on any atom is -0.329 e. The summed E-state index contributed by atoms with van der Waals surface area (Å²) < 4.78 is 12.9. The lowest BCUT2D eigenvalue weighted by molar-refractivity contribution is 0.627. The number of rotatable bonds is 1. The summed E-state index contributed by atoms with van der Waals surface area (Å²) in [5, 5.41) is 0. The summed E-state index contributed by atoms with van der Waals surface area (Å²) >= 11 is 0. The van der Waals surface area contributed by atoms with Gasteiger partial charge >= 0.3 is 0 Å². The second kappa shape index (κ2) is 3.69. The Kier molecular flexibility index (Phi) is 2.37. The number of pyridine rings is 1. The smallest absolute Gasteiger partial charge is 0.255 e. The number of halogens is 1. The first-order valence-electron chi connectivity index (χ1n) is 4.63. The zero-order valence-corrected chi connectivity index (χ0v) is 8.25. The molecular formula is C12H10FNO. The van der Waals surface area contributed by atoms with Crippen LogP contribution in [0.3, 0.4) is 0 Å². The third kappa shape index (κ3) is 1.81. The van der Waals surface area contributed by atoms with Gasteiger partial charge in [-0.25, -0.2) is 4.39 Å². The van der Waals surface area contributed by atoms with Gasteiger partial charge in [0.15, 0.2) is 0 Å². The lowest BCUT2D eigenvalue weighted by Gasteiger charge is -2.04. The van der Waals surface area contributed by atoms with Crippen LogP contribution in [0, 0.1) is 12.7 Å². The van der Waals surface area contributed by atoms with E-state index in [1.807, 2.05) is 0 Å². The number of aromatic amines is 1. The monoisotopic (exact) mass is 203 g/mol. The molecule has 0 aliphatic rings. The van der Waals surface area contributed by atoms with Crippen molar-refractivity contribution in [2.24, 2.45) is 0 Å². The Bertz CT molecular complexity index is 545. The van der Waals surface area contributed by atoms with Gasteiger partial charge in [-0.2, -0.15) is 0 Å². The average Bonchev–Trinajstić information content (AvgIpc) is 2.20. The summed E-state index contributed by atoms with van der Waals surface area (Å²) in [4.78, 5) is 14.1. The molecule has 0 saturated carbocycles. The van der Waals surface area contributed by atoms with Crippen LogP contribution >= 0.6 is 0 Å². The first-order chi connectivity index (χ1) is 7.18. The minimum absolute atomic E-state index is 0.160. The second-order valence-corrected chi connectivity index (χ2v) is 3.37. The van der Waals surface area contributed by atoms with Gasteiger partial charge in [0.25, 0.3) is 5.56 Å². The number of H-pyrrole nitrogens is 1. The van der Waals surface area contributed by atoms with Crippen molar-refractivity contribution in [2.75, 3.05) is 0 Å². The molecule has 1 N–H and O–H groups in total. The topological polar surface area (TPSA) is 32.9 Å². The van der Waals surface area contributed by atoms with Gasteiger partial charge in [-0.1, -0.05) is 6.07 Å². The molecular weight excluding hydrogens is 193 g/mol. The van der Waals surface area contributed by atoms with Crippen molar-refractivity contribution in [2.45, 2.75) is 6.92 Å². The van der Waals surface area contributed by atoms with E-state index in [9.17, 15) is 9.18 Å². The molecule has 0 aliphatic heterocycles. The molecule has 0 spiro atoms. The molecule has 1 aromatic carbocycles. The van der Waals surface area contributed by atoms with E-state index in [2.05, 4.69) is 4.98 Å². The number of aryl methyl sites for hydroxylation is 1. The summed E-state index contributed by atoms with van der Waals surface area (Å²) in [5.41, 5.74) is 1.92. The van der Waals surface area contributed by atoms with Crippen molar-refractivity contribution in [3.8, 4) is 11.1 Å². The molecule has 15 heavy (non-hydrogen) atoms. The SMILES string of the molecule is Cc1cc(F)ccc1-c1ccc[nH]c1=O. The van der Waals surface area contributed by atoms with Crippen LogP contribution in [0.25, 0.3) is 11.1 Å². The van der Waals surface area contributed by atoms with Crippen LogP contribution in [-0.2, 0) is 0 Å². The average molecular weight is 203 g/mol. The Labute approximate surface area is 86.4 Å². The molecule has 2 aromatic rings. The fourth-order valence-electron chi connectivity index (χ4n) is 1.56. The Balaban J connectivity index is 2.65. The molecule has 0 bridgehead atoms. The molecule has 0 radical (unpaired) electrons.